The smallest absolute Gasteiger partial charge is 0.387 e. The number of aliphatic hydroxyl groups is 1. The van der Waals surface area contributed by atoms with E-state index >= 15 is 0 Å². The fraction of sp³-hybridized carbons (Fsp3) is 0.533. The van der Waals surface area contributed by atoms with Crippen molar-refractivity contribution in [1.29, 1.82) is 0 Å². The van der Waals surface area contributed by atoms with Crippen LogP contribution in [0.15, 0.2) is 18.2 Å². The van der Waals surface area contributed by atoms with Gasteiger partial charge < -0.3 is 20.1 Å². The number of likely N-dealkylation sites (tertiary alicyclic amines) is 1. The fourth-order valence-electron chi connectivity index (χ4n) is 2.71. The second kappa shape index (κ2) is 8.05. The van der Waals surface area contributed by atoms with Gasteiger partial charge in [-0.05, 0) is 37.8 Å². The lowest BCUT2D eigenvalue weighted by Gasteiger charge is -2.25. The number of hydrogen-bond donors (Lipinski definition) is 2. The molecule has 2 N–H and O–H groups in total. The Morgan fingerprint density at radius 3 is 2.96 bits per heavy atom. The van der Waals surface area contributed by atoms with E-state index in [4.69, 9.17) is 5.11 Å². The van der Waals surface area contributed by atoms with Crippen LogP contribution in [0.3, 0.4) is 0 Å². The molecule has 5 nitrogen and oxygen atoms in total. The lowest BCUT2D eigenvalue weighted by atomic mass is 10.1. The molecular weight excluding hydrogens is 313 g/mol. The lowest BCUT2D eigenvalue weighted by molar-refractivity contribution is -0.0495. The van der Waals surface area contributed by atoms with Gasteiger partial charge in [-0.3, -0.25) is 0 Å². The summed E-state index contributed by atoms with van der Waals surface area (Å²) in [5.41, 5.74) is -0.00971. The van der Waals surface area contributed by atoms with Crippen molar-refractivity contribution in [2.45, 2.75) is 38.3 Å². The Hall–Kier alpha value is -1.96. The van der Waals surface area contributed by atoms with Crippen LogP contribution in [0.25, 0.3) is 0 Å². The number of rotatable bonds is 6. The van der Waals surface area contributed by atoms with Crippen LogP contribution in [0.4, 0.5) is 23.7 Å². The minimum Gasteiger partial charge on any atom is -0.432 e. The molecule has 1 aliphatic heterocycles. The number of hydrogen-bond acceptors (Lipinski definition) is 3. The highest BCUT2D eigenvalue weighted by Crippen LogP contribution is 2.29. The first kappa shape index (κ1) is 17.4. The minimum absolute atomic E-state index is 0.00191. The van der Waals surface area contributed by atoms with Gasteiger partial charge in [0.1, 0.15) is 5.82 Å². The van der Waals surface area contributed by atoms with E-state index in [9.17, 15) is 18.0 Å². The Morgan fingerprint density at radius 2 is 2.26 bits per heavy atom. The monoisotopic (exact) mass is 332 g/mol. The Morgan fingerprint density at radius 1 is 1.48 bits per heavy atom. The Kier molecular flexibility index (Phi) is 6.09. The number of alkyl halides is 2. The van der Waals surface area contributed by atoms with Gasteiger partial charge in [-0.25, -0.2) is 9.18 Å². The highest BCUT2D eigenvalue weighted by atomic mass is 19.3. The lowest BCUT2D eigenvalue weighted by Crippen LogP contribution is -2.38. The molecule has 0 spiro atoms. The van der Waals surface area contributed by atoms with Crippen LogP contribution in [0.5, 0.6) is 5.75 Å². The molecule has 1 unspecified atom stereocenters. The van der Waals surface area contributed by atoms with E-state index < -0.39 is 24.2 Å². The van der Waals surface area contributed by atoms with Crippen LogP contribution in [-0.2, 0) is 0 Å². The van der Waals surface area contributed by atoms with Gasteiger partial charge in [0.2, 0.25) is 0 Å². The van der Waals surface area contributed by atoms with Crippen LogP contribution in [0.1, 0.15) is 25.7 Å². The number of nitrogens with one attached hydrogen (secondary N) is 1. The Balaban J connectivity index is 2.07. The first-order valence-corrected chi connectivity index (χ1v) is 7.44. The summed E-state index contributed by atoms with van der Waals surface area (Å²) in [6.45, 7) is -2.51. The molecule has 0 saturated carbocycles. The Labute approximate surface area is 132 Å². The van der Waals surface area contributed by atoms with Crippen molar-refractivity contribution in [3.05, 3.63) is 24.0 Å². The first-order chi connectivity index (χ1) is 11.0. The van der Waals surface area contributed by atoms with E-state index in [1.54, 1.807) is 4.90 Å². The number of carbonyl (C=O) groups is 1. The summed E-state index contributed by atoms with van der Waals surface area (Å²) >= 11 is 0. The van der Waals surface area contributed by atoms with Crippen molar-refractivity contribution in [2.75, 3.05) is 18.5 Å². The third kappa shape index (κ3) is 4.75. The molecule has 1 aromatic carbocycles. The number of carbonyl (C=O) groups excluding carboxylic acids is 1. The predicted octanol–water partition coefficient (Wildman–Crippen LogP) is 3.20. The molecule has 8 heteroatoms. The van der Waals surface area contributed by atoms with Gasteiger partial charge in [-0.15, -0.1) is 0 Å². The largest absolute Gasteiger partial charge is 0.432 e. The van der Waals surface area contributed by atoms with Crippen molar-refractivity contribution in [3.63, 3.8) is 0 Å². The summed E-state index contributed by atoms with van der Waals surface area (Å²) in [5.74, 6) is -1.15. The maximum atomic E-state index is 13.2. The zero-order valence-electron chi connectivity index (χ0n) is 12.5. The summed E-state index contributed by atoms with van der Waals surface area (Å²) in [5, 5.41) is 11.4. The van der Waals surface area contributed by atoms with Gasteiger partial charge in [-0.1, -0.05) is 0 Å². The second-order valence-corrected chi connectivity index (χ2v) is 5.30. The van der Waals surface area contributed by atoms with E-state index in [0.29, 0.717) is 19.4 Å². The SMILES string of the molecule is O=C(Nc1ccc(F)cc1OC(F)F)N1CCCC1CCCO. The molecule has 1 atom stereocenters. The van der Waals surface area contributed by atoms with E-state index in [1.807, 2.05) is 0 Å². The van der Waals surface area contributed by atoms with Crippen LogP contribution >= 0.6 is 0 Å². The summed E-state index contributed by atoms with van der Waals surface area (Å²) in [6, 6.07) is 2.60. The molecule has 2 amide bonds. The van der Waals surface area contributed by atoms with Crippen molar-refractivity contribution in [1.82, 2.24) is 4.90 Å². The molecule has 1 heterocycles. The molecule has 1 fully saturated rings. The van der Waals surface area contributed by atoms with E-state index in [1.165, 1.54) is 6.07 Å². The molecule has 2 rings (SSSR count). The molecule has 128 valence electrons. The van der Waals surface area contributed by atoms with E-state index in [-0.39, 0.29) is 18.3 Å². The maximum absolute atomic E-state index is 13.2. The van der Waals surface area contributed by atoms with Crippen LogP contribution < -0.4 is 10.1 Å². The molecule has 1 aromatic rings. The average Bonchev–Trinajstić information content (AvgIpc) is 2.95. The molecule has 1 saturated heterocycles. The number of halogens is 3. The molecular formula is C15H19F3N2O3. The zero-order valence-corrected chi connectivity index (χ0v) is 12.5. The van der Waals surface area contributed by atoms with Gasteiger partial charge in [-0.2, -0.15) is 8.78 Å². The van der Waals surface area contributed by atoms with Crippen LogP contribution in [0.2, 0.25) is 0 Å². The molecule has 0 bridgehead atoms. The average molecular weight is 332 g/mol. The second-order valence-electron chi connectivity index (χ2n) is 5.30. The maximum Gasteiger partial charge on any atom is 0.387 e. The van der Waals surface area contributed by atoms with Crippen LogP contribution in [-0.4, -0.2) is 41.8 Å². The summed E-state index contributed by atoms with van der Waals surface area (Å²) < 4.78 is 42.2. The van der Waals surface area contributed by atoms with Crippen molar-refractivity contribution in [2.24, 2.45) is 0 Å². The third-order valence-electron chi connectivity index (χ3n) is 3.73. The third-order valence-corrected chi connectivity index (χ3v) is 3.73. The van der Waals surface area contributed by atoms with Gasteiger partial charge >= 0.3 is 12.6 Å². The van der Waals surface area contributed by atoms with Crippen LogP contribution in [0, 0.1) is 5.82 Å². The molecule has 0 aromatic heterocycles. The quantitative estimate of drug-likeness (QED) is 0.841. The number of amides is 2. The first-order valence-electron chi connectivity index (χ1n) is 7.44. The number of urea groups is 1. The van der Waals surface area contributed by atoms with Crippen molar-refractivity contribution < 1.29 is 27.8 Å². The molecule has 1 aliphatic rings. The van der Waals surface area contributed by atoms with Gasteiger partial charge in [0.15, 0.2) is 5.75 Å². The molecule has 0 radical (unpaired) electrons. The number of ether oxygens (including phenoxy) is 1. The summed E-state index contributed by atoms with van der Waals surface area (Å²) in [6.07, 6.45) is 2.93. The number of anilines is 1. The predicted molar refractivity (Wildman–Crippen MR) is 78.1 cm³/mol. The van der Waals surface area contributed by atoms with E-state index in [0.717, 1.165) is 25.0 Å². The summed E-state index contributed by atoms with van der Waals surface area (Å²) in [4.78, 5) is 13.9. The highest BCUT2D eigenvalue weighted by Gasteiger charge is 2.28. The Bertz CT molecular complexity index is 543. The van der Waals surface area contributed by atoms with Gasteiger partial charge in [0, 0.05) is 25.3 Å². The normalized spacial score (nSPS) is 17.6. The number of nitrogens with zero attached hydrogens (tertiary/aromatic N) is 1. The van der Waals surface area contributed by atoms with E-state index in [2.05, 4.69) is 10.1 Å². The van der Waals surface area contributed by atoms with Crippen molar-refractivity contribution in [3.8, 4) is 5.75 Å². The highest BCUT2D eigenvalue weighted by molar-refractivity contribution is 5.91. The zero-order chi connectivity index (χ0) is 16.8. The van der Waals surface area contributed by atoms with Gasteiger partial charge in [0.05, 0.1) is 5.69 Å². The fourth-order valence-corrected chi connectivity index (χ4v) is 2.71. The standard InChI is InChI=1S/C15H19F3N2O3/c16-10-5-6-12(13(9-10)23-14(17)18)19-15(22)20-7-1-3-11(20)4-2-8-21/h5-6,9,11,14,21H,1-4,7-8H2,(H,19,22). The molecule has 0 aliphatic carbocycles. The van der Waals surface area contributed by atoms with Gasteiger partial charge in [0.25, 0.3) is 0 Å². The molecule has 23 heavy (non-hydrogen) atoms. The summed E-state index contributed by atoms with van der Waals surface area (Å²) in [7, 11) is 0. The minimum atomic E-state index is -3.11. The number of aliphatic hydroxyl groups excluding tert-OH is 1. The topological polar surface area (TPSA) is 61.8 Å². The number of benzene rings is 1. The van der Waals surface area contributed by atoms with Crippen molar-refractivity contribution >= 4 is 11.7 Å².